The van der Waals surface area contributed by atoms with Gasteiger partial charge in [-0.2, -0.15) is 5.26 Å². The van der Waals surface area contributed by atoms with Gasteiger partial charge in [-0.3, -0.25) is 4.79 Å². The van der Waals surface area contributed by atoms with Crippen molar-refractivity contribution in [2.45, 2.75) is 25.8 Å². The van der Waals surface area contributed by atoms with E-state index in [0.29, 0.717) is 30.5 Å². The van der Waals surface area contributed by atoms with Crippen LogP contribution in [0.4, 0.5) is 15.9 Å². The zero-order valence-electron chi connectivity index (χ0n) is 16.8. The molecule has 0 unspecified atom stereocenters. The fourth-order valence-corrected chi connectivity index (χ4v) is 5.80. The number of nitriles is 1. The van der Waals surface area contributed by atoms with Gasteiger partial charge in [0.05, 0.1) is 10.7 Å². The van der Waals surface area contributed by atoms with Crippen LogP contribution in [0.15, 0.2) is 23.1 Å². The third kappa shape index (κ3) is 2.78. The summed E-state index contributed by atoms with van der Waals surface area (Å²) in [5, 5.41) is 10.6. The lowest BCUT2D eigenvalue weighted by Crippen LogP contribution is -2.47. The largest absolute Gasteiger partial charge is 0.368 e. The SMILES string of the molecule is Cc1nc2c(N3CC[C@H]4[C@H](CCN4c4ncccc4F)C3)c(C#N)c(=O)n(C)c2s1. The maximum atomic E-state index is 14.3. The van der Waals surface area contributed by atoms with Crippen LogP contribution in [0, 0.1) is 30.0 Å². The number of anilines is 2. The molecule has 0 spiro atoms. The number of hydrogen-bond acceptors (Lipinski definition) is 7. The van der Waals surface area contributed by atoms with E-state index in [4.69, 9.17) is 0 Å². The summed E-state index contributed by atoms with van der Waals surface area (Å²) in [6, 6.07) is 5.38. The number of fused-ring (bicyclic) bond motifs is 2. The summed E-state index contributed by atoms with van der Waals surface area (Å²) in [4.78, 5) is 26.7. The van der Waals surface area contributed by atoms with E-state index in [9.17, 15) is 14.4 Å². The van der Waals surface area contributed by atoms with E-state index in [1.807, 2.05) is 6.92 Å². The molecule has 30 heavy (non-hydrogen) atoms. The van der Waals surface area contributed by atoms with Gasteiger partial charge in [-0.25, -0.2) is 14.4 Å². The van der Waals surface area contributed by atoms with Gasteiger partial charge < -0.3 is 14.4 Å². The topological polar surface area (TPSA) is 78.1 Å². The number of pyridine rings is 2. The van der Waals surface area contributed by atoms with Crippen molar-refractivity contribution in [3.63, 3.8) is 0 Å². The Labute approximate surface area is 177 Å². The van der Waals surface area contributed by atoms with E-state index >= 15 is 0 Å². The van der Waals surface area contributed by atoms with Gasteiger partial charge in [-0.05, 0) is 37.8 Å². The van der Waals surface area contributed by atoms with E-state index in [1.165, 1.54) is 22.0 Å². The number of rotatable bonds is 2. The number of hydrogen-bond donors (Lipinski definition) is 0. The van der Waals surface area contributed by atoms with E-state index in [1.54, 1.807) is 19.3 Å². The minimum atomic E-state index is -0.293. The van der Waals surface area contributed by atoms with Crippen LogP contribution in [0.25, 0.3) is 10.3 Å². The molecule has 154 valence electrons. The van der Waals surface area contributed by atoms with Crippen LogP contribution in [0.5, 0.6) is 0 Å². The molecule has 2 saturated heterocycles. The molecule has 5 heterocycles. The smallest absolute Gasteiger partial charge is 0.271 e. The van der Waals surface area contributed by atoms with Crippen molar-refractivity contribution in [1.29, 1.82) is 5.26 Å². The Balaban J connectivity index is 1.52. The van der Waals surface area contributed by atoms with E-state index in [2.05, 4.69) is 25.8 Å². The van der Waals surface area contributed by atoms with Crippen LogP contribution >= 0.6 is 11.3 Å². The Kier molecular flexibility index (Phi) is 4.47. The van der Waals surface area contributed by atoms with E-state index < -0.39 is 0 Å². The highest BCUT2D eigenvalue weighted by Crippen LogP contribution is 2.39. The Morgan fingerprint density at radius 2 is 2.17 bits per heavy atom. The van der Waals surface area contributed by atoms with Crippen LogP contribution in [-0.2, 0) is 7.05 Å². The van der Waals surface area contributed by atoms with Crippen molar-refractivity contribution < 1.29 is 4.39 Å². The van der Waals surface area contributed by atoms with Gasteiger partial charge in [0, 0.05) is 38.9 Å². The van der Waals surface area contributed by atoms with Crippen molar-refractivity contribution in [2.75, 3.05) is 29.4 Å². The van der Waals surface area contributed by atoms with E-state index in [0.717, 1.165) is 34.7 Å². The Morgan fingerprint density at radius 3 is 2.93 bits per heavy atom. The summed E-state index contributed by atoms with van der Waals surface area (Å²) in [5.74, 6) is 0.436. The van der Waals surface area contributed by atoms with Crippen LogP contribution in [0.2, 0.25) is 0 Å². The fourth-order valence-electron chi connectivity index (χ4n) is 4.93. The molecule has 7 nitrogen and oxygen atoms in total. The van der Waals surface area contributed by atoms with E-state index in [-0.39, 0.29) is 23.0 Å². The molecule has 0 aliphatic carbocycles. The number of piperidine rings is 1. The van der Waals surface area contributed by atoms with Crippen molar-refractivity contribution in [3.8, 4) is 6.07 Å². The summed E-state index contributed by atoms with van der Waals surface area (Å²) >= 11 is 1.47. The molecule has 2 atom stereocenters. The lowest BCUT2D eigenvalue weighted by atomic mass is 9.92. The molecular formula is C21H21FN6OS. The molecular weight excluding hydrogens is 403 g/mol. The molecule has 0 radical (unpaired) electrons. The highest BCUT2D eigenvalue weighted by Gasteiger charge is 2.41. The van der Waals surface area contributed by atoms with Crippen LogP contribution in [0.3, 0.4) is 0 Å². The van der Waals surface area contributed by atoms with Gasteiger partial charge in [0.2, 0.25) is 0 Å². The quantitative estimate of drug-likeness (QED) is 0.630. The lowest BCUT2D eigenvalue weighted by molar-refractivity contribution is 0.393. The molecule has 0 amide bonds. The van der Waals surface area contributed by atoms with Crippen molar-refractivity contribution in [2.24, 2.45) is 13.0 Å². The Hall–Kier alpha value is -2.99. The zero-order valence-corrected chi connectivity index (χ0v) is 17.6. The summed E-state index contributed by atoms with van der Waals surface area (Å²) < 4.78 is 15.8. The van der Waals surface area contributed by atoms with Crippen LogP contribution in [-0.4, -0.2) is 40.2 Å². The predicted molar refractivity (Wildman–Crippen MR) is 115 cm³/mol. The van der Waals surface area contributed by atoms with Gasteiger partial charge in [0.1, 0.15) is 22.0 Å². The number of nitrogens with zero attached hydrogens (tertiary/aromatic N) is 6. The first-order chi connectivity index (χ1) is 14.5. The molecule has 2 fully saturated rings. The predicted octanol–water partition coefficient (Wildman–Crippen LogP) is 2.81. The second kappa shape index (κ2) is 7.06. The highest BCUT2D eigenvalue weighted by atomic mass is 32.1. The first kappa shape index (κ1) is 19.0. The maximum absolute atomic E-state index is 14.3. The Bertz CT molecular complexity index is 1240. The maximum Gasteiger partial charge on any atom is 0.271 e. The molecule has 5 rings (SSSR count). The van der Waals surface area contributed by atoms with Gasteiger partial charge >= 0.3 is 0 Å². The third-order valence-electron chi connectivity index (χ3n) is 6.27. The molecule has 2 aliphatic heterocycles. The third-order valence-corrected chi connectivity index (χ3v) is 7.32. The fraction of sp³-hybridized carbons (Fsp3) is 0.429. The molecule has 0 aromatic carbocycles. The molecule has 3 aromatic heterocycles. The molecule has 0 saturated carbocycles. The highest BCUT2D eigenvalue weighted by molar-refractivity contribution is 7.18. The second-order valence-corrected chi connectivity index (χ2v) is 9.12. The molecule has 9 heteroatoms. The Morgan fingerprint density at radius 1 is 1.33 bits per heavy atom. The normalized spacial score (nSPS) is 21.1. The van der Waals surface area contributed by atoms with Crippen molar-refractivity contribution >= 4 is 33.2 Å². The number of thiazole rings is 1. The minimum Gasteiger partial charge on any atom is -0.368 e. The van der Waals surface area contributed by atoms with Crippen LogP contribution in [0.1, 0.15) is 23.4 Å². The summed E-state index contributed by atoms with van der Waals surface area (Å²) in [7, 11) is 1.69. The van der Waals surface area contributed by atoms with Crippen LogP contribution < -0.4 is 15.4 Å². The first-order valence-electron chi connectivity index (χ1n) is 10.0. The molecule has 0 bridgehead atoms. The summed E-state index contributed by atoms with van der Waals surface area (Å²) in [6.07, 6.45) is 3.36. The van der Waals surface area contributed by atoms with Crippen molar-refractivity contribution in [1.82, 2.24) is 14.5 Å². The number of aromatic nitrogens is 3. The monoisotopic (exact) mass is 424 g/mol. The average molecular weight is 425 g/mol. The van der Waals surface area contributed by atoms with Gasteiger partial charge in [-0.1, -0.05) is 0 Å². The first-order valence-corrected chi connectivity index (χ1v) is 10.8. The number of halogens is 1. The molecule has 2 aliphatic rings. The zero-order chi connectivity index (χ0) is 21.0. The minimum absolute atomic E-state index is 0.152. The summed E-state index contributed by atoms with van der Waals surface area (Å²) in [5.41, 5.74) is 1.25. The van der Waals surface area contributed by atoms with Gasteiger partial charge in [0.25, 0.3) is 5.56 Å². The second-order valence-electron chi connectivity index (χ2n) is 7.94. The van der Waals surface area contributed by atoms with Crippen molar-refractivity contribution in [3.05, 3.63) is 45.1 Å². The average Bonchev–Trinajstić information content (AvgIpc) is 3.34. The van der Waals surface area contributed by atoms with Gasteiger partial charge in [-0.15, -0.1) is 11.3 Å². The molecule has 3 aromatic rings. The molecule has 0 N–H and O–H groups in total. The van der Waals surface area contributed by atoms with Gasteiger partial charge in [0.15, 0.2) is 11.6 Å². The number of aryl methyl sites for hydroxylation is 2. The summed E-state index contributed by atoms with van der Waals surface area (Å²) in [6.45, 7) is 4.06. The standard InChI is InChI=1S/C21H21FN6OS/c1-12-25-17-18(14(10-23)20(29)26(2)21(17)30-12)27-8-6-16-13(11-27)5-9-28(16)19-15(22)4-3-7-24-19/h3-4,7,13,16H,5-6,8-9,11H2,1-2H3/t13-,16+/m1/s1. The lowest BCUT2D eigenvalue weighted by Gasteiger charge is -2.39.